The van der Waals surface area contributed by atoms with Gasteiger partial charge in [0.05, 0.1) is 11.4 Å². The number of ether oxygens (including phenoxy) is 1. The van der Waals surface area contributed by atoms with Crippen molar-refractivity contribution in [3.8, 4) is 17.0 Å². The Kier molecular flexibility index (Phi) is 5.80. The number of rotatable bonds is 7. The van der Waals surface area contributed by atoms with Gasteiger partial charge in [0.1, 0.15) is 18.7 Å². The van der Waals surface area contributed by atoms with Crippen LogP contribution in [0.3, 0.4) is 0 Å². The maximum atomic E-state index is 5.93. The molecule has 0 radical (unpaired) electrons. The molecule has 170 valence electrons. The normalized spacial score (nSPS) is 13.2. The molecule has 0 bridgehead atoms. The molecule has 6 heteroatoms. The summed E-state index contributed by atoms with van der Waals surface area (Å²) in [4.78, 5) is 4.32. The molecule has 3 aromatic heterocycles. The minimum Gasteiger partial charge on any atom is -0.487 e. The number of hydrogen-bond acceptors (Lipinski definition) is 5. The van der Waals surface area contributed by atoms with E-state index in [4.69, 9.17) is 4.74 Å². The molecule has 0 aliphatic carbocycles. The van der Waals surface area contributed by atoms with Gasteiger partial charge >= 0.3 is 0 Å². The number of nitrogens with zero attached hydrogens (tertiary/aromatic N) is 5. The van der Waals surface area contributed by atoms with Crippen molar-refractivity contribution in [3.63, 3.8) is 0 Å². The fraction of sp³-hybridized carbons (Fsp3) is 0.214. The van der Waals surface area contributed by atoms with Crippen LogP contribution in [0.2, 0.25) is 0 Å². The first kappa shape index (κ1) is 21.8. The fourth-order valence-electron chi connectivity index (χ4n) is 4.24. The van der Waals surface area contributed by atoms with Gasteiger partial charge in [-0.05, 0) is 53.4 Å². The Labute approximate surface area is 199 Å². The average Bonchev–Trinajstić information content (AvgIpc) is 3.36. The molecule has 0 fully saturated rings. The van der Waals surface area contributed by atoms with Crippen LogP contribution in [0.15, 0.2) is 91.4 Å². The molecule has 0 aliphatic rings. The Morgan fingerprint density at radius 1 is 0.882 bits per heavy atom. The average molecular weight is 450 g/mol. The van der Waals surface area contributed by atoms with Gasteiger partial charge < -0.3 is 4.74 Å². The minimum atomic E-state index is -0.149. The quantitative estimate of drug-likeness (QED) is 0.318. The predicted octanol–water partition coefficient (Wildman–Crippen LogP) is 5.73. The maximum Gasteiger partial charge on any atom is 0.177 e. The zero-order valence-electron chi connectivity index (χ0n) is 19.6. The van der Waals surface area contributed by atoms with Crippen LogP contribution in [0.5, 0.6) is 5.75 Å². The number of aromatic nitrogens is 5. The second kappa shape index (κ2) is 9.06. The van der Waals surface area contributed by atoms with E-state index in [0.717, 1.165) is 28.3 Å². The molecule has 0 amide bonds. The summed E-state index contributed by atoms with van der Waals surface area (Å²) in [7, 11) is 0. The summed E-state index contributed by atoms with van der Waals surface area (Å²) in [6.45, 7) is 7.29. The van der Waals surface area contributed by atoms with E-state index in [-0.39, 0.29) is 5.41 Å². The lowest BCUT2D eigenvalue weighted by Crippen LogP contribution is -2.30. The smallest absolute Gasteiger partial charge is 0.177 e. The van der Waals surface area contributed by atoms with Crippen molar-refractivity contribution in [2.75, 3.05) is 0 Å². The standard InChI is InChI=1S/C28H27N5O/c1-20(2)28(3,23-11-13-25(14-12-23)34-18-24-6-4-5-17-29-24)22-9-7-21(8-10-22)26-15-16-27-31-30-19-33(27)32-26/h4-17,19-20H,18H2,1-3H3. The van der Waals surface area contributed by atoms with Crippen molar-refractivity contribution in [2.24, 2.45) is 5.92 Å². The van der Waals surface area contributed by atoms with Gasteiger partial charge in [0.2, 0.25) is 0 Å². The fourth-order valence-corrected chi connectivity index (χ4v) is 4.24. The maximum absolute atomic E-state index is 5.93. The van der Waals surface area contributed by atoms with E-state index < -0.39 is 0 Å². The van der Waals surface area contributed by atoms with E-state index >= 15 is 0 Å². The Morgan fingerprint density at radius 3 is 2.29 bits per heavy atom. The molecule has 5 aromatic rings. The molecular formula is C28H27N5O. The lowest BCUT2D eigenvalue weighted by molar-refractivity contribution is 0.301. The molecule has 0 N–H and O–H groups in total. The lowest BCUT2D eigenvalue weighted by atomic mass is 9.68. The third-order valence-electron chi connectivity index (χ3n) is 6.66. The Hall–Kier alpha value is -4.06. The molecular weight excluding hydrogens is 422 g/mol. The van der Waals surface area contributed by atoms with Crippen LogP contribution >= 0.6 is 0 Å². The van der Waals surface area contributed by atoms with Crippen molar-refractivity contribution < 1.29 is 4.74 Å². The van der Waals surface area contributed by atoms with Crippen molar-refractivity contribution in [1.29, 1.82) is 0 Å². The molecule has 0 saturated heterocycles. The van der Waals surface area contributed by atoms with Crippen LogP contribution in [-0.2, 0) is 12.0 Å². The molecule has 0 spiro atoms. The summed E-state index contributed by atoms with van der Waals surface area (Å²) in [5.74, 6) is 1.23. The van der Waals surface area contributed by atoms with E-state index in [1.165, 1.54) is 11.1 Å². The first-order valence-corrected chi connectivity index (χ1v) is 11.5. The third-order valence-corrected chi connectivity index (χ3v) is 6.66. The van der Waals surface area contributed by atoms with Gasteiger partial charge in [-0.3, -0.25) is 4.98 Å². The van der Waals surface area contributed by atoms with Gasteiger partial charge in [0.15, 0.2) is 5.65 Å². The zero-order valence-corrected chi connectivity index (χ0v) is 19.6. The summed E-state index contributed by atoms with van der Waals surface area (Å²) in [6, 6.07) is 26.9. The van der Waals surface area contributed by atoms with Crippen LogP contribution in [0.1, 0.15) is 37.6 Å². The molecule has 6 nitrogen and oxygen atoms in total. The number of fused-ring (bicyclic) bond motifs is 1. The molecule has 1 unspecified atom stereocenters. The molecule has 34 heavy (non-hydrogen) atoms. The van der Waals surface area contributed by atoms with Crippen molar-refractivity contribution in [2.45, 2.75) is 32.8 Å². The Balaban J connectivity index is 1.38. The predicted molar refractivity (Wildman–Crippen MR) is 133 cm³/mol. The van der Waals surface area contributed by atoms with E-state index in [9.17, 15) is 0 Å². The molecule has 0 aliphatic heterocycles. The highest BCUT2D eigenvalue weighted by molar-refractivity contribution is 5.61. The van der Waals surface area contributed by atoms with Gasteiger partial charge in [-0.1, -0.05) is 63.2 Å². The van der Waals surface area contributed by atoms with Gasteiger partial charge in [0, 0.05) is 17.2 Å². The zero-order chi connectivity index (χ0) is 23.5. The lowest BCUT2D eigenvalue weighted by Gasteiger charge is -2.35. The van der Waals surface area contributed by atoms with Crippen LogP contribution in [0, 0.1) is 5.92 Å². The van der Waals surface area contributed by atoms with Crippen LogP contribution < -0.4 is 4.74 Å². The Morgan fingerprint density at radius 2 is 1.62 bits per heavy atom. The highest BCUT2D eigenvalue weighted by Crippen LogP contribution is 2.40. The second-order valence-corrected chi connectivity index (χ2v) is 8.92. The molecule has 3 heterocycles. The summed E-state index contributed by atoms with van der Waals surface area (Å²) >= 11 is 0. The summed E-state index contributed by atoms with van der Waals surface area (Å²) < 4.78 is 7.63. The molecule has 5 rings (SSSR count). The molecule has 0 saturated carbocycles. The summed E-state index contributed by atoms with van der Waals surface area (Å²) in [5.41, 5.74) is 5.97. The highest BCUT2D eigenvalue weighted by Gasteiger charge is 2.32. The van der Waals surface area contributed by atoms with Gasteiger partial charge in [0.25, 0.3) is 0 Å². The van der Waals surface area contributed by atoms with Crippen LogP contribution in [0.4, 0.5) is 0 Å². The molecule has 2 aromatic carbocycles. The van der Waals surface area contributed by atoms with Gasteiger partial charge in [-0.2, -0.15) is 9.61 Å². The number of benzene rings is 2. The summed E-state index contributed by atoms with van der Waals surface area (Å²) in [5, 5.41) is 12.5. The minimum absolute atomic E-state index is 0.149. The third kappa shape index (κ3) is 4.15. The Bertz CT molecular complexity index is 1380. The van der Waals surface area contributed by atoms with E-state index in [2.05, 4.69) is 77.4 Å². The summed E-state index contributed by atoms with van der Waals surface area (Å²) in [6.07, 6.45) is 3.40. The van der Waals surface area contributed by atoms with Crippen LogP contribution in [0.25, 0.3) is 16.9 Å². The first-order chi connectivity index (χ1) is 16.5. The van der Waals surface area contributed by atoms with Gasteiger partial charge in [-0.15, -0.1) is 10.2 Å². The van der Waals surface area contributed by atoms with Gasteiger partial charge in [-0.25, -0.2) is 0 Å². The molecule has 1 atom stereocenters. The largest absolute Gasteiger partial charge is 0.487 e. The van der Waals surface area contributed by atoms with E-state index in [0.29, 0.717) is 12.5 Å². The van der Waals surface area contributed by atoms with E-state index in [1.807, 2.05) is 42.5 Å². The highest BCUT2D eigenvalue weighted by atomic mass is 16.5. The van der Waals surface area contributed by atoms with Crippen molar-refractivity contribution >= 4 is 5.65 Å². The first-order valence-electron chi connectivity index (χ1n) is 11.5. The topological polar surface area (TPSA) is 65.2 Å². The van der Waals surface area contributed by atoms with Crippen LogP contribution in [-0.4, -0.2) is 24.8 Å². The van der Waals surface area contributed by atoms with Crippen molar-refractivity contribution in [1.82, 2.24) is 24.8 Å². The number of pyridine rings is 1. The van der Waals surface area contributed by atoms with Crippen molar-refractivity contribution in [3.05, 3.63) is 108 Å². The monoisotopic (exact) mass is 449 g/mol. The van der Waals surface area contributed by atoms with E-state index in [1.54, 1.807) is 17.0 Å². The second-order valence-electron chi connectivity index (χ2n) is 8.92. The number of hydrogen-bond donors (Lipinski definition) is 0. The SMILES string of the molecule is CC(C)C(C)(c1ccc(OCc2ccccn2)cc1)c1ccc(-c2ccc3nncn3n2)cc1.